The standard InChI is InChI=1S/C25H19F2N3O/c26-20-11-8-16(14-21(20)27)25(30-31)19-6-3-7-22-18(19)10-13-24(28-22)29-23-12-9-15-4-1-2-5-17(15)23/h1-8,10-11,13-14,23,31H,9,12H2,(H,28,29)/b30-25+/t23-/m1/s1. The lowest BCUT2D eigenvalue weighted by atomic mass is 9.98. The highest BCUT2D eigenvalue weighted by Gasteiger charge is 2.22. The highest BCUT2D eigenvalue weighted by molar-refractivity contribution is 6.18. The van der Waals surface area contributed by atoms with Crippen LogP contribution in [0.3, 0.4) is 0 Å². The maximum Gasteiger partial charge on any atom is 0.159 e. The predicted octanol–water partition coefficient (Wildman–Crippen LogP) is 5.84. The molecule has 1 aliphatic rings. The first-order chi connectivity index (χ1) is 15.1. The molecule has 0 fully saturated rings. The molecule has 1 aliphatic carbocycles. The highest BCUT2D eigenvalue weighted by Crippen LogP contribution is 2.33. The Morgan fingerprint density at radius 3 is 2.68 bits per heavy atom. The van der Waals surface area contributed by atoms with E-state index in [2.05, 4.69) is 28.7 Å². The van der Waals surface area contributed by atoms with E-state index in [1.54, 1.807) is 12.1 Å². The summed E-state index contributed by atoms with van der Waals surface area (Å²) in [7, 11) is 0. The van der Waals surface area contributed by atoms with Gasteiger partial charge in [0.05, 0.1) is 11.6 Å². The van der Waals surface area contributed by atoms with E-state index in [0.717, 1.165) is 36.2 Å². The van der Waals surface area contributed by atoms with Gasteiger partial charge in [-0.15, -0.1) is 0 Å². The van der Waals surface area contributed by atoms with Crippen molar-refractivity contribution in [2.45, 2.75) is 18.9 Å². The van der Waals surface area contributed by atoms with Gasteiger partial charge in [-0.3, -0.25) is 0 Å². The van der Waals surface area contributed by atoms with Crippen LogP contribution in [0.15, 0.2) is 78.0 Å². The molecule has 154 valence electrons. The summed E-state index contributed by atoms with van der Waals surface area (Å²) in [6, 6.07) is 21.2. The molecule has 5 rings (SSSR count). The normalized spacial score (nSPS) is 15.8. The number of hydrogen-bond donors (Lipinski definition) is 2. The average Bonchev–Trinajstić information content (AvgIpc) is 3.19. The Morgan fingerprint density at radius 2 is 1.84 bits per heavy atom. The first-order valence-electron chi connectivity index (χ1n) is 10.1. The van der Waals surface area contributed by atoms with Gasteiger partial charge in [0.2, 0.25) is 0 Å². The Morgan fingerprint density at radius 1 is 0.968 bits per heavy atom. The molecular formula is C25H19F2N3O. The van der Waals surface area contributed by atoms with E-state index >= 15 is 0 Å². The van der Waals surface area contributed by atoms with Crippen molar-refractivity contribution in [3.05, 3.63) is 107 Å². The van der Waals surface area contributed by atoms with E-state index in [9.17, 15) is 14.0 Å². The first kappa shape index (κ1) is 19.2. The number of oxime groups is 1. The van der Waals surface area contributed by atoms with E-state index in [1.165, 1.54) is 17.2 Å². The lowest BCUT2D eigenvalue weighted by Gasteiger charge is -2.16. The van der Waals surface area contributed by atoms with Crippen molar-refractivity contribution in [2.24, 2.45) is 5.16 Å². The van der Waals surface area contributed by atoms with Gasteiger partial charge in [0.1, 0.15) is 11.5 Å². The number of benzene rings is 3. The van der Waals surface area contributed by atoms with Crippen molar-refractivity contribution >= 4 is 22.4 Å². The molecule has 31 heavy (non-hydrogen) atoms. The summed E-state index contributed by atoms with van der Waals surface area (Å²) in [4.78, 5) is 4.73. The molecule has 0 spiro atoms. The van der Waals surface area contributed by atoms with Crippen LogP contribution >= 0.6 is 0 Å². The Hall–Kier alpha value is -3.80. The molecule has 0 saturated heterocycles. The van der Waals surface area contributed by atoms with Crippen LogP contribution in [0.2, 0.25) is 0 Å². The SMILES string of the molecule is O/N=C(\c1ccc(F)c(F)c1)c1cccc2nc(N[C@@H]3CCc4ccccc43)ccc12. The molecule has 0 amide bonds. The van der Waals surface area contributed by atoms with Crippen molar-refractivity contribution in [2.75, 3.05) is 5.32 Å². The molecule has 0 radical (unpaired) electrons. The van der Waals surface area contributed by atoms with Gasteiger partial charge < -0.3 is 10.5 Å². The number of aryl methyl sites for hydroxylation is 1. The summed E-state index contributed by atoms with van der Waals surface area (Å²) in [6.07, 6.45) is 2.05. The third-order valence-corrected chi connectivity index (χ3v) is 5.74. The third kappa shape index (κ3) is 3.50. The van der Waals surface area contributed by atoms with Gasteiger partial charge in [-0.25, -0.2) is 13.8 Å². The van der Waals surface area contributed by atoms with Crippen LogP contribution in [-0.2, 0) is 6.42 Å². The molecule has 0 aliphatic heterocycles. The molecule has 3 aromatic carbocycles. The number of anilines is 1. The molecule has 2 N–H and O–H groups in total. The van der Waals surface area contributed by atoms with Crippen LogP contribution in [-0.4, -0.2) is 15.9 Å². The second kappa shape index (κ2) is 7.80. The number of hydrogen-bond acceptors (Lipinski definition) is 4. The molecule has 1 aromatic heterocycles. The number of pyridine rings is 1. The quantitative estimate of drug-likeness (QED) is 0.250. The molecule has 1 heterocycles. The number of aromatic nitrogens is 1. The fourth-order valence-corrected chi connectivity index (χ4v) is 4.24. The van der Waals surface area contributed by atoms with E-state index in [-0.39, 0.29) is 17.3 Å². The van der Waals surface area contributed by atoms with Crippen molar-refractivity contribution in [3.63, 3.8) is 0 Å². The molecule has 4 nitrogen and oxygen atoms in total. The van der Waals surface area contributed by atoms with Crippen LogP contribution in [0.4, 0.5) is 14.6 Å². The van der Waals surface area contributed by atoms with Gasteiger partial charge in [-0.05, 0) is 60.4 Å². The summed E-state index contributed by atoms with van der Waals surface area (Å²) in [5, 5.41) is 17.3. The highest BCUT2D eigenvalue weighted by atomic mass is 19.2. The second-order valence-electron chi connectivity index (χ2n) is 7.58. The van der Waals surface area contributed by atoms with Crippen molar-refractivity contribution in [1.29, 1.82) is 0 Å². The number of fused-ring (bicyclic) bond motifs is 2. The second-order valence-corrected chi connectivity index (χ2v) is 7.58. The van der Waals surface area contributed by atoms with E-state index in [0.29, 0.717) is 11.1 Å². The zero-order valence-electron chi connectivity index (χ0n) is 16.5. The van der Waals surface area contributed by atoms with Gasteiger partial charge >= 0.3 is 0 Å². The number of nitrogens with zero attached hydrogens (tertiary/aromatic N) is 2. The summed E-state index contributed by atoms with van der Waals surface area (Å²) in [5.74, 6) is -1.20. The Bertz CT molecular complexity index is 1320. The fourth-order valence-electron chi connectivity index (χ4n) is 4.24. The minimum absolute atomic E-state index is 0.150. The molecule has 0 bridgehead atoms. The van der Waals surface area contributed by atoms with Crippen molar-refractivity contribution < 1.29 is 14.0 Å². The van der Waals surface area contributed by atoms with E-state index < -0.39 is 11.6 Å². The van der Waals surface area contributed by atoms with Crippen LogP contribution < -0.4 is 5.32 Å². The molecule has 0 unspecified atom stereocenters. The summed E-state index contributed by atoms with van der Waals surface area (Å²) < 4.78 is 27.1. The molecule has 4 aromatic rings. The predicted molar refractivity (Wildman–Crippen MR) is 117 cm³/mol. The Balaban J connectivity index is 1.50. The third-order valence-electron chi connectivity index (χ3n) is 5.74. The van der Waals surface area contributed by atoms with Crippen molar-refractivity contribution in [1.82, 2.24) is 4.98 Å². The Kier molecular flexibility index (Phi) is 4.82. The minimum Gasteiger partial charge on any atom is -0.410 e. The average molecular weight is 415 g/mol. The topological polar surface area (TPSA) is 57.5 Å². The number of nitrogens with one attached hydrogen (secondary N) is 1. The monoisotopic (exact) mass is 415 g/mol. The van der Waals surface area contributed by atoms with Crippen LogP contribution in [0.1, 0.15) is 34.7 Å². The summed E-state index contributed by atoms with van der Waals surface area (Å²) in [6.45, 7) is 0. The minimum atomic E-state index is -1.000. The maximum atomic E-state index is 13.7. The Labute approximate surface area is 177 Å². The molecule has 6 heteroatoms. The van der Waals surface area contributed by atoms with E-state index in [1.807, 2.05) is 24.3 Å². The summed E-state index contributed by atoms with van der Waals surface area (Å²) >= 11 is 0. The summed E-state index contributed by atoms with van der Waals surface area (Å²) in [5.41, 5.74) is 4.37. The zero-order valence-corrected chi connectivity index (χ0v) is 16.5. The van der Waals surface area contributed by atoms with Crippen LogP contribution in [0, 0.1) is 11.6 Å². The molecule has 1 atom stereocenters. The van der Waals surface area contributed by atoms with Crippen molar-refractivity contribution in [3.8, 4) is 0 Å². The smallest absolute Gasteiger partial charge is 0.159 e. The van der Waals surface area contributed by atoms with Crippen LogP contribution in [0.25, 0.3) is 10.9 Å². The van der Waals surface area contributed by atoms with Gasteiger partial charge in [0, 0.05) is 16.5 Å². The van der Waals surface area contributed by atoms with E-state index in [4.69, 9.17) is 4.98 Å². The van der Waals surface area contributed by atoms with Gasteiger partial charge in [0.25, 0.3) is 0 Å². The lowest BCUT2D eigenvalue weighted by Crippen LogP contribution is -2.09. The maximum absolute atomic E-state index is 13.7. The molecule has 0 saturated carbocycles. The largest absolute Gasteiger partial charge is 0.410 e. The number of halogens is 2. The zero-order chi connectivity index (χ0) is 21.4. The fraction of sp³-hybridized carbons (Fsp3) is 0.120. The first-order valence-corrected chi connectivity index (χ1v) is 10.1. The lowest BCUT2D eigenvalue weighted by molar-refractivity contribution is 0.319. The van der Waals surface area contributed by atoms with Gasteiger partial charge in [0.15, 0.2) is 11.6 Å². The number of rotatable bonds is 4. The van der Waals surface area contributed by atoms with Gasteiger partial charge in [-0.1, -0.05) is 41.6 Å². The molecular weight excluding hydrogens is 396 g/mol. The van der Waals surface area contributed by atoms with Gasteiger partial charge in [-0.2, -0.15) is 0 Å². The van der Waals surface area contributed by atoms with Crippen LogP contribution in [0.5, 0.6) is 0 Å².